The third-order valence-electron chi connectivity index (χ3n) is 5.56. The zero-order valence-corrected chi connectivity index (χ0v) is 19.0. The van der Waals surface area contributed by atoms with Gasteiger partial charge >= 0.3 is 12.2 Å². The van der Waals surface area contributed by atoms with E-state index in [0.717, 1.165) is 17.2 Å². The molecule has 2 aromatic heterocycles. The van der Waals surface area contributed by atoms with Crippen LogP contribution in [0.4, 0.5) is 24.9 Å². The molecule has 0 fully saturated rings. The van der Waals surface area contributed by atoms with Gasteiger partial charge in [0.2, 0.25) is 6.17 Å². The third-order valence-corrected chi connectivity index (χ3v) is 5.56. The van der Waals surface area contributed by atoms with Gasteiger partial charge in [-0.15, -0.1) is 5.10 Å². The van der Waals surface area contributed by atoms with E-state index in [1.54, 1.807) is 12.1 Å². The number of fused-ring (bicyclic) bond motifs is 1. The Morgan fingerprint density at radius 2 is 1.81 bits per heavy atom. The number of benzodiazepines with no additional fused rings is 1. The molecule has 1 unspecified atom stereocenters. The van der Waals surface area contributed by atoms with Gasteiger partial charge in [0.05, 0.1) is 17.0 Å². The average molecular weight is 508 g/mol. The van der Waals surface area contributed by atoms with Crippen LogP contribution in [0.2, 0.25) is 0 Å². The van der Waals surface area contributed by atoms with Crippen LogP contribution in [0.1, 0.15) is 22.3 Å². The molecular formula is C25H19F3N6O3. The van der Waals surface area contributed by atoms with E-state index in [-0.39, 0.29) is 29.6 Å². The Balaban J connectivity index is 1.48. The Bertz CT molecular complexity index is 1470. The highest BCUT2D eigenvalue weighted by molar-refractivity contribution is 6.19. The van der Waals surface area contributed by atoms with Crippen molar-refractivity contribution in [3.05, 3.63) is 89.1 Å². The molecule has 0 aliphatic carbocycles. The highest BCUT2D eigenvalue weighted by Gasteiger charge is 2.32. The van der Waals surface area contributed by atoms with Gasteiger partial charge in [-0.05, 0) is 24.1 Å². The second kappa shape index (κ2) is 9.82. The minimum atomic E-state index is -4.60. The van der Waals surface area contributed by atoms with Gasteiger partial charge in [0, 0.05) is 23.9 Å². The predicted molar refractivity (Wildman–Crippen MR) is 128 cm³/mol. The van der Waals surface area contributed by atoms with E-state index >= 15 is 0 Å². The van der Waals surface area contributed by atoms with Crippen LogP contribution in [-0.2, 0) is 17.4 Å². The molecule has 3 N–H and O–H groups in total. The Morgan fingerprint density at radius 3 is 2.57 bits per heavy atom. The molecule has 37 heavy (non-hydrogen) atoms. The van der Waals surface area contributed by atoms with Gasteiger partial charge < -0.3 is 20.2 Å². The first-order valence-electron chi connectivity index (χ1n) is 11.1. The van der Waals surface area contributed by atoms with Crippen molar-refractivity contribution < 1.29 is 27.5 Å². The van der Waals surface area contributed by atoms with Crippen LogP contribution in [0.5, 0.6) is 0 Å². The summed E-state index contributed by atoms with van der Waals surface area (Å²) in [6, 6.07) is 17.2. The summed E-state index contributed by atoms with van der Waals surface area (Å²) in [6.45, 7) is -0.408. The number of amides is 1. The molecule has 0 radical (unpaired) electrons. The van der Waals surface area contributed by atoms with Crippen LogP contribution < -0.4 is 10.6 Å². The standard InChI is InChI=1S/C25H19F3N6O3/c26-25(27,28)16-12-15(10-11-35)20(29-13-16)23-33-34-24(37-23)32-21-22(36)30-18-9-5-4-8-17(18)19(31-21)14-6-2-1-3-7-14/h1-9,12-13,21,35H,10-11H2,(H,30,36)(H,32,34). The zero-order valence-electron chi connectivity index (χ0n) is 19.0. The maximum atomic E-state index is 13.1. The van der Waals surface area contributed by atoms with E-state index < -0.39 is 30.4 Å². The second-order valence-corrected chi connectivity index (χ2v) is 8.04. The molecule has 5 rings (SSSR count). The largest absolute Gasteiger partial charge is 0.417 e. The Labute approximate surface area is 208 Å². The van der Waals surface area contributed by atoms with Crippen molar-refractivity contribution in [1.82, 2.24) is 15.2 Å². The number of aliphatic hydroxyl groups is 1. The van der Waals surface area contributed by atoms with Crippen molar-refractivity contribution in [3.63, 3.8) is 0 Å². The van der Waals surface area contributed by atoms with Crippen molar-refractivity contribution in [2.45, 2.75) is 18.8 Å². The number of nitrogens with one attached hydrogen (secondary N) is 2. The molecule has 3 heterocycles. The molecule has 9 nitrogen and oxygen atoms in total. The SMILES string of the molecule is O=C1Nc2ccccc2C(c2ccccc2)=NC1Nc1nnc(-c2ncc(C(F)(F)F)cc2CCO)o1. The molecule has 12 heteroatoms. The van der Waals surface area contributed by atoms with E-state index in [2.05, 4.69) is 30.8 Å². The van der Waals surface area contributed by atoms with Crippen LogP contribution >= 0.6 is 0 Å². The number of carbonyl (C=O) groups is 1. The number of aliphatic hydroxyl groups excluding tert-OH is 1. The number of aliphatic imine (C=N–C) groups is 1. The second-order valence-electron chi connectivity index (χ2n) is 8.04. The Kier molecular flexibility index (Phi) is 6.40. The number of rotatable bonds is 6. The first kappa shape index (κ1) is 24.1. The summed E-state index contributed by atoms with van der Waals surface area (Å²) in [5.41, 5.74) is 1.75. The van der Waals surface area contributed by atoms with Gasteiger partial charge in [-0.1, -0.05) is 53.6 Å². The van der Waals surface area contributed by atoms with Gasteiger partial charge in [0.25, 0.3) is 11.8 Å². The van der Waals surface area contributed by atoms with Gasteiger partial charge in [0.15, 0.2) is 0 Å². The quantitative estimate of drug-likeness (QED) is 0.361. The van der Waals surface area contributed by atoms with Crippen LogP contribution in [0.3, 0.4) is 0 Å². The summed E-state index contributed by atoms with van der Waals surface area (Å²) < 4.78 is 44.9. The number of para-hydroxylation sites is 1. The lowest BCUT2D eigenvalue weighted by atomic mass is 10.0. The smallest absolute Gasteiger partial charge is 0.402 e. The predicted octanol–water partition coefficient (Wildman–Crippen LogP) is 3.91. The first-order chi connectivity index (χ1) is 17.8. The number of carbonyl (C=O) groups excluding carboxylic acids is 1. The Morgan fingerprint density at radius 1 is 1.05 bits per heavy atom. The zero-order chi connectivity index (χ0) is 26.0. The van der Waals surface area contributed by atoms with Crippen LogP contribution in [-0.4, -0.2) is 44.7 Å². The lowest BCUT2D eigenvalue weighted by Gasteiger charge is -2.11. The van der Waals surface area contributed by atoms with E-state index in [1.165, 1.54) is 0 Å². The van der Waals surface area contributed by atoms with Gasteiger partial charge in [0.1, 0.15) is 5.69 Å². The van der Waals surface area contributed by atoms with Crippen molar-refractivity contribution in [2.75, 3.05) is 17.2 Å². The molecular weight excluding hydrogens is 489 g/mol. The number of hydrogen-bond donors (Lipinski definition) is 3. The summed E-state index contributed by atoms with van der Waals surface area (Å²) in [5, 5.41) is 22.7. The van der Waals surface area contributed by atoms with Crippen LogP contribution in [0, 0.1) is 0 Å². The van der Waals surface area contributed by atoms with E-state index in [9.17, 15) is 23.1 Å². The number of halogens is 3. The fourth-order valence-corrected chi connectivity index (χ4v) is 3.84. The highest BCUT2D eigenvalue weighted by atomic mass is 19.4. The molecule has 4 aromatic rings. The maximum absolute atomic E-state index is 13.1. The summed E-state index contributed by atoms with van der Waals surface area (Å²) in [7, 11) is 0. The monoisotopic (exact) mass is 508 g/mol. The van der Waals surface area contributed by atoms with Crippen LogP contribution in [0.15, 0.2) is 76.3 Å². The molecule has 1 aliphatic rings. The first-order valence-corrected chi connectivity index (χ1v) is 11.1. The lowest BCUT2D eigenvalue weighted by Crippen LogP contribution is -2.32. The molecule has 2 aromatic carbocycles. The lowest BCUT2D eigenvalue weighted by molar-refractivity contribution is -0.137. The summed E-state index contributed by atoms with van der Waals surface area (Å²) >= 11 is 0. The molecule has 0 saturated heterocycles. The number of aromatic nitrogens is 3. The fourth-order valence-electron chi connectivity index (χ4n) is 3.84. The van der Waals surface area contributed by atoms with Crippen molar-refractivity contribution in [3.8, 4) is 11.6 Å². The molecule has 1 atom stereocenters. The van der Waals surface area contributed by atoms with E-state index in [4.69, 9.17) is 4.42 Å². The van der Waals surface area contributed by atoms with Crippen molar-refractivity contribution >= 4 is 23.3 Å². The van der Waals surface area contributed by atoms with Crippen LogP contribution in [0.25, 0.3) is 11.6 Å². The summed E-state index contributed by atoms with van der Waals surface area (Å²) in [6.07, 6.45) is -5.21. The fraction of sp³-hybridized carbons (Fsp3) is 0.160. The van der Waals surface area contributed by atoms with Crippen molar-refractivity contribution in [1.29, 1.82) is 0 Å². The van der Waals surface area contributed by atoms with E-state index in [0.29, 0.717) is 17.6 Å². The number of anilines is 2. The van der Waals surface area contributed by atoms with Gasteiger partial charge in [-0.3, -0.25) is 9.78 Å². The number of pyridine rings is 1. The average Bonchev–Trinajstić information content (AvgIpc) is 3.30. The summed E-state index contributed by atoms with van der Waals surface area (Å²) in [4.78, 5) is 21.5. The van der Waals surface area contributed by atoms with E-state index in [1.807, 2.05) is 42.5 Å². The number of hydrogen-bond acceptors (Lipinski definition) is 8. The normalized spacial score (nSPS) is 15.4. The number of alkyl halides is 3. The molecule has 188 valence electrons. The minimum absolute atomic E-state index is 0.00574. The molecule has 0 spiro atoms. The van der Waals surface area contributed by atoms with Gasteiger partial charge in [-0.2, -0.15) is 13.2 Å². The molecule has 0 saturated carbocycles. The molecule has 0 bridgehead atoms. The molecule has 1 aliphatic heterocycles. The maximum Gasteiger partial charge on any atom is 0.417 e. The Hall–Kier alpha value is -4.58. The molecule has 1 amide bonds. The minimum Gasteiger partial charge on any atom is -0.402 e. The van der Waals surface area contributed by atoms with Crippen molar-refractivity contribution in [2.24, 2.45) is 4.99 Å². The summed E-state index contributed by atoms with van der Waals surface area (Å²) in [5.74, 6) is -0.656. The number of nitrogens with zero attached hydrogens (tertiary/aromatic N) is 4. The van der Waals surface area contributed by atoms with Gasteiger partial charge in [-0.25, -0.2) is 4.99 Å². The highest BCUT2D eigenvalue weighted by Crippen LogP contribution is 2.32. The third kappa shape index (κ3) is 5.05. The number of benzene rings is 2. The topological polar surface area (TPSA) is 126 Å².